The highest BCUT2D eigenvalue weighted by Crippen LogP contribution is 2.26. The van der Waals surface area contributed by atoms with Crippen LogP contribution in [-0.2, 0) is 0 Å². The molecular weight excluding hydrogens is 590 g/mol. The van der Waals surface area contributed by atoms with E-state index < -0.39 is 0 Å². The topological polar surface area (TPSA) is 84.0 Å². The van der Waals surface area contributed by atoms with Crippen LogP contribution in [0.25, 0.3) is 22.5 Å². The highest BCUT2D eigenvalue weighted by molar-refractivity contribution is 6.36. The molecule has 0 spiro atoms. The van der Waals surface area contributed by atoms with Gasteiger partial charge in [-0.05, 0) is 66.7 Å². The minimum atomic E-state index is -0.322. The number of halogens is 4. The number of aromatic nitrogens is 2. The van der Waals surface area contributed by atoms with Crippen molar-refractivity contribution < 1.29 is 9.59 Å². The Kier molecular flexibility index (Phi) is 8.33. The fourth-order valence-electron chi connectivity index (χ4n) is 3.90. The van der Waals surface area contributed by atoms with Gasteiger partial charge in [0, 0.05) is 53.7 Å². The van der Waals surface area contributed by atoms with Crippen LogP contribution in [-0.4, -0.2) is 21.8 Å². The molecule has 6 nitrogen and oxygen atoms in total. The second kappa shape index (κ2) is 12.1. The molecule has 0 unspecified atom stereocenters. The summed E-state index contributed by atoms with van der Waals surface area (Å²) in [5.41, 5.74) is 5.05. The first-order valence-electron chi connectivity index (χ1n) is 11.8. The van der Waals surface area contributed by atoms with Gasteiger partial charge in [0.25, 0.3) is 11.8 Å². The summed E-state index contributed by atoms with van der Waals surface area (Å²) in [6.07, 6.45) is 1.49. The average molecular weight is 608 g/mol. The molecule has 1 heterocycles. The summed E-state index contributed by atoms with van der Waals surface area (Å²) in [6, 6.07) is 25.8. The van der Waals surface area contributed by atoms with E-state index in [4.69, 9.17) is 46.4 Å². The van der Waals surface area contributed by atoms with Crippen molar-refractivity contribution in [2.75, 3.05) is 10.6 Å². The van der Waals surface area contributed by atoms with E-state index in [9.17, 15) is 9.59 Å². The zero-order valence-corrected chi connectivity index (χ0v) is 23.5. The molecule has 0 aliphatic rings. The van der Waals surface area contributed by atoms with Crippen LogP contribution in [0.3, 0.4) is 0 Å². The van der Waals surface area contributed by atoms with Gasteiger partial charge in [0.05, 0.1) is 11.4 Å². The van der Waals surface area contributed by atoms with Crippen molar-refractivity contribution in [3.63, 3.8) is 0 Å². The summed E-state index contributed by atoms with van der Waals surface area (Å²) in [6.45, 7) is 0. The Balaban J connectivity index is 1.27. The van der Waals surface area contributed by atoms with Crippen LogP contribution >= 0.6 is 46.4 Å². The van der Waals surface area contributed by atoms with Gasteiger partial charge in [-0.1, -0.05) is 70.7 Å². The van der Waals surface area contributed by atoms with E-state index in [1.807, 2.05) is 30.3 Å². The van der Waals surface area contributed by atoms with Crippen LogP contribution < -0.4 is 10.6 Å². The average Bonchev–Trinajstić information content (AvgIpc) is 2.93. The third-order valence-corrected chi connectivity index (χ3v) is 6.67. The van der Waals surface area contributed by atoms with Crippen molar-refractivity contribution in [1.29, 1.82) is 0 Å². The lowest BCUT2D eigenvalue weighted by atomic mass is 10.1. The van der Waals surface area contributed by atoms with Crippen LogP contribution in [0.15, 0.2) is 97.3 Å². The van der Waals surface area contributed by atoms with Crippen LogP contribution in [0.2, 0.25) is 20.1 Å². The van der Waals surface area contributed by atoms with Gasteiger partial charge in [-0.25, -0.2) is 9.97 Å². The number of rotatable bonds is 6. The first-order chi connectivity index (χ1) is 19.2. The van der Waals surface area contributed by atoms with E-state index in [1.54, 1.807) is 60.7 Å². The Morgan fingerprint density at radius 3 is 1.20 bits per heavy atom. The molecule has 1 aromatic heterocycles. The number of nitrogens with one attached hydrogen (secondary N) is 2. The van der Waals surface area contributed by atoms with Gasteiger partial charge >= 0.3 is 0 Å². The lowest BCUT2D eigenvalue weighted by molar-refractivity contribution is 0.101. The maximum absolute atomic E-state index is 12.6. The number of hydrogen-bond donors (Lipinski definition) is 2. The minimum Gasteiger partial charge on any atom is -0.322 e. The molecular formula is C30H18Cl4N4O2. The molecule has 0 aliphatic carbocycles. The molecule has 2 N–H and O–H groups in total. The largest absolute Gasteiger partial charge is 0.322 e. The van der Waals surface area contributed by atoms with Crippen molar-refractivity contribution in [3.05, 3.63) is 129 Å². The van der Waals surface area contributed by atoms with Crippen LogP contribution in [0.1, 0.15) is 20.7 Å². The summed E-state index contributed by atoms with van der Waals surface area (Å²) in [4.78, 5) is 33.9. The van der Waals surface area contributed by atoms with Gasteiger partial charge in [-0.2, -0.15) is 0 Å². The second-order valence-corrected chi connectivity index (χ2v) is 10.4. The van der Waals surface area contributed by atoms with Gasteiger partial charge in [0.2, 0.25) is 0 Å². The fourth-order valence-corrected chi connectivity index (χ4v) is 4.95. The molecule has 0 aliphatic heterocycles. The number of carbonyl (C=O) groups is 2. The molecule has 198 valence electrons. The molecule has 0 saturated carbocycles. The minimum absolute atomic E-state index is 0.322. The standard InChI is InChI=1S/C30H18Cl4N4O2/c31-21-9-19(10-22(32)13-21)29(39)37-25-5-1-17(2-6-25)27-15-28(36-16-35-27)18-3-7-26(8-4-18)38-30(40)20-11-23(33)14-24(34)12-20/h1-16H,(H,37,39)(H,38,40). The van der Waals surface area contributed by atoms with E-state index in [0.29, 0.717) is 54.0 Å². The number of amides is 2. The predicted octanol–water partition coefficient (Wildman–Crippen LogP) is 8.93. The van der Waals surface area contributed by atoms with Crippen LogP contribution in [0.5, 0.6) is 0 Å². The number of nitrogens with zero attached hydrogens (tertiary/aromatic N) is 2. The molecule has 0 atom stereocenters. The maximum atomic E-state index is 12.6. The summed E-state index contributed by atoms with van der Waals surface area (Å²) in [5, 5.41) is 7.20. The van der Waals surface area contributed by atoms with E-state index >= 15 is 0 Å². The van der Waals surface area contributed by atoms with Gasteiger partial charge in [0.15, 0.2) is 0 Å². The molecule has 0 fully saturated rings. The summed E-state index contributed by atoms with van der Waals surface area (Å²) in [7, 11) is 0. The zero-order chi connectivity index (χ0) is 28.2. The molecule has 5 rings (SSSR count). The third-order valence-electron chi connectivity index (χ3n) is 5.79. The SMILES string of the molecule is O=C(Nc1ccc(-c2cc(-c3ccc(NC(=O)c4cc(Cl)cc(Cl)c4)cc3)ncn2)cc1)c1cc(Cl)cc(Cl)c1. The Morgan fingerprint density at radius 1 is 0.500 bits per heavy atom. The van der Waals surface area contributed by atoms with E-state index in [-0.39, 0.29) is 11.8 Å². The Labute approximate surface area is 249 Å². The molecule has 0 radical (unpaired) electrons. The maximum Gasteiger partial charge on any atom is 0.255 e. The lowest BCUT2D eigenvalue weighted by Crippen LogP contribution is -2.11. The van der Waals surface area contributed by atoms with Crippen LogP contribution in [0, 0.1) is 0 Å². The molecule has 0 bridgehead atoms. The molecule has 4 aromatic carbocycles. The molecule has 5 aromatic rings. The van der Waals surface area contributed by atoms with Crippen molar-refractivity contribution in [1.82, 2.24) is 9.97 Å². The van der Waals surface area contributed by atoms with Gasteiger partial charge in [-0.15, -0.1) is 0 Å². The number of benzene rings is 4. The van der Waals surface area contributed by atoms with Crippen molar-refractivity contribution >= 4 is 69.6 Å². The molecule has 0 saturated heterocycles. The van der Waals surface area contributed by atoms with Gasteiger partial charge in [-0.3, -0.25) is 9.59 Å². The molecule has 10 heteroatoms. The summed E-state index contributed by atoms with van der Waals surface area (Å²) in [5.74, 6) is -0.644. The Morgan fingerprint density at radius 2 is 0.850 bits per heavy atom. The smallest absolute Gasteiger partial charge is 0.255 e. The van der Waals surface area contributed by atoms with E-state index in [1.165, 1.54) is 6.33 Å². The van der Waals surface area contributed by atoms with Gasteiger partial charge < -0.3 is 10.6 Å². The Bertz CT molecular complexity index is 1560. The van der Waals surface area contributed by atoms with Crippen molar-refractivity contribution in [2.45, 2.75) is 0 Å². The highest BCUT2D eigenvalue weighted by Gasteiger charge is 2.11. The highest BCUT2D eigenvalue weighted by atomic mass is 35.5. The first kappa shape index (κ1) is 27.6. The number of carbonyl (C=O) groups excluding carboxylic acids is 2. The van der Waals surface area contributed by atoms with E-state index in [2.05, 4.69) is 20.6 Å². The molecule has 2 amide bonds. The lowest BCUT2D eigenvalue weighted by Gasteiger charge is -2.09. The van der Waals surface area contributed by atoms with Crippen molar-refractivity contribution in [3.8, 4) is 22.5 Å². The monoisotopic (exact) mass is 606 g/mol. The number of hydrogen-bond acceptors (Lipinski definition) is 4. The second-order valence-electron chi connectivity index (χ2n) is 8.67. The zero-order valence-electron chi connectivity index (χ0n) is 20.5. The molecule has 40 heavy (non-hydrogen) atoms. The fraction of sp³-hybridized carbons (Fsp3) is 0. The summed E-state index contributed by atoms with van der Waals surface area (Å²) >= 11 is 24.0. The third kappa shape index (κ3) is 6.79. The van der Waals surface area contributed by atoms with Gasteiger partial charge in [0.1, 0.15) is 6.33 Å². The van der Waals surface area contributed by atoms with Crippen LogP contribution in [0.4, 0.5) is 11.4 Å². The number of anilines is 2. The predicted molar refractivity (Wildman–Crippen MR) is 162 cm³/mol. The Hall–Kier alpha value is -3.94. The quantitative estimate of drug-likeness (QED) is 0.202. The first-order valence-corrected chi connectivity index (χ1v) is 13.3. The van der Waals surface area contributed by atoms with E-state index in [0.717, 1.165) is 11.1 Å². The normalized spacial score (nSPS) is 10.7. The van der Waals surface area contributed by atoms with Crippen molar-refractivity contribution in [2.24, 2.45) is 0 Å². The summed E-state index contributed by atoms with van der Waals surface area (Å²) < 4.78 is 0.